The Balaban J connectivity index is 1.59. The zero-order chi connectivity index (χ0) is 16.1. The Labute approximate surface area is 142 Å². The lowest BCUT2D eigenvalue weighted by molar-refractivity contribution is 0.0341. The highest BCUT2D eigenvalue weighted by atomic mass is 32.1. The fourth-order valence-electron chi connectivity index (χ4n) is 3.36. The van der Waals surface area contributed by atoms with E-state index >= 15 is 0 Å². The van der Waals surface area contributed by atoms with Crippen molar-refractivity contribution >= 4 is 17.2 Å². The topological polar surface area (TPSA) is 54.5 Å². The molecule has 1 aromatic heterocycles. The summed E-state index contributed by atoms with van der Waals surface area (Å²) < 4.78 is 5.38. The highest BCUT2D eigenvalue weighted by Gasteiger charge is 2.21. The molecule has 2 aliphatic rings. The van der Waals surface area contributed by atoms with Crippen LogP contribution < -0.4 is 5.32 Å². The van der Waals surface area contributed by atoms with Gasteiger partial charge in [0.25, 0.3) is 5.91 Å². The Morgan fingerprint density at radius 3 is 2.65 bits per heavy atom. The number of thiazole rings is 1. The number of carbonyl (C=O) groups excluding carboxylic acids is 1. The molecule has 0 aromatic carbocycles. The Morgan fingerprint density at radius 2 is 1.96 bits per heavy atom. The molecule has 6 heteroatoms. The number of aromatic nitrogens is 1. The number of aryl methyl sites for hydroxylation is 1. The van der Waals surface area contributed by atoms with Crippen molar-refractivity contribution in [3.63, 3.8) is 0 Å². The molecule has 128 valence electrons. The van der Waals surface area contributed by atoms with Crippen molar-refractivity contribution in [3.8, 4) is 0 Å². The van der Waals surface area contributed by atoms with Crippen molar-refractivity contribution in [1.82, 2.24) is 15.2 Å². The summed E-state index contributed by atoms with van der Waals surface area (Å²) in [5.74, 6) is 0.0696. The van der Waals surface area contributed by atoms with Crippen molar-refractivity contribution in [2.45, 2.75) is 58.0 Å². The van der Waals surface area contributed by atoms with Crippen molar-refractivity contribution in [3.05, 3.63) is 15.6 Å². The fourth-order valence-corrected chi connectivity index (χ4v) is 4.37. The molecule has 2 heterocycles. The largest absolute Gasteiger partial charge is 0.379 e. The SMILES string of the molecule is Cc1nc(CN2CCOCC2)sc1C(=O)NC1CCCCCC1. The van der Waals surface area contributed by atoms with E-state index in [2.05, 4.69) is 15.2 Å². The molecular formula is C17H27N3O2S. The number of morpholine rings is 1. The lowest BCUT2D eigenvalue weighted by Gasteiger charge is -2.25. The van der Waals surface area contributed by atoms with E-state index in [4.69, 9.17) is 4.74 Å². The Hall–Kier alpha value is -0.980. The highest BCUT2D eigenvalue weighted by molar-refractivity contribution is 7.13. The van der Waals surface area contributed by atoms with Crippen LogP contribution in [0.15, 0.2) is 0 Å². The molecule has 1 saturated heterocycles. The maximum atomic E-state index is 12.6. The van der Waals surface area contributed by atoms with Crippen LogP contribution in [0.2, 0.25) is 0 Å². The van der Waals surface area contributed by atoms with Crippen LogP contribution in [0.25, 0.3) is 0 Å². The van der Waals surface area contributed by atoms with Crippen LogP contribution in [-0.2, 0) is 11.3 Å². The number of amides is 1. The summed E-state index contributed by atoms with van der Waals surface area (Å²) in [6, 6.07) is 0.342. The van der Waals surface area contributed by atoms with Gasteiger partial charge in [0.1, 0.15) is 9.88 Å². The van der Waals surface area contributed by atoms with Crippen molar-refractivity contribution < 1.29 is 9.53 Å². The first-order chi connectivity index (χ1) is 11.2. The van der Waals surface area contributed by atoms with Gasteiger partial charge in [-0.25, -0.2) is 4.98 Å². The Bertz CT molecular complexity index is 518. The third-order valence-electron chi connectivity index (χ3n) is 4.70. The summed E-state index contributed by atoms with van der Waals surface area (Å²) in [6.45, 7) is 6.25. The predicted octanol–water partition coefficient (Wildman–Crippen LogP) is 2.74. The van der Waals surface area contributed by atoms with E-state index in [9.17, 15) is 4.79 Å². The average Bonchev–Trinajstić information content (AvgIpc) is 2.74. The molecular weight excluding hydrogens is 310 g/mol. The summed E-state index contributed by atoms with van der Waals surface area (Å²) in [7, 11) is 0. The maximum Gasteiger partial charge on any atom is 0.263 e. The quantitative estimate of drug-likeness (QED) is 0.859. The fraction of sp³-hybridized carbons (Fsp3) is 0.765. The van der Waals surface area contributed by atoms with Gasteiger partial charge in [-0.15, -0.1) is 11.3 Å². The third kappa shape index (κ3) is 4.75. The first-order valence-electron chi connectivity index (χ1n) is 8.79. The minimum absolute atomic E-state index is 0.0696. The molecule has 1 saturated carbocycles. The number of ether oxygens (including phenoxy) is 1. The van der Waals surface area contributed by atoms with E-state index in [0.717, 1.165) is 61.3 Å². The second kappa shape index (κ2) is 8.22. The monoisotopic (exact) mass is 337 g/mol. The molecule has 0 bridgehead atoms. The summed E-state index contributed by atoms with van der Waals surface area (Å²) in [5.41, 5.74) is 0.865. The molecule has 1 aromatic rings. The summed E-state index contributed by atoms with van der Waals surface area (Å²) in [4.78, 5) is 20.3. The van der Waals surface area contributed by atoms with E-state index in [1.807, 2.05) is 6.92 Å². The lowest BCUT2D eigenvalue weighted by atomic mass is 10.1. The molecule has 5 nitrogen and oxygen atoms in total. The molecule has 1 aliphatic heterocycles. The van der Waals surface area contributed by atoms with E-state index < -0.39 is 0 Å². The van der Waals surface area contributed by atoms with Crippen LogP contribution in [0.5, 0.6) is 0 Å². The maximum absolute atomic E-state index is 12.6. The summed E-state index contributed by atoms with van der Waals surface area (Å²) in [6.07, 6.45) is 7.30. The van der Waals surface area contributed by atoms with Crippen molar-refractivity contribution in [1.29, 1.82) is 0 Å². The van der Waals surface area contributed by atoms with Gasteiger partial charge in [0, 0.05) is 19.1 Å². The second-order valence-corrected chi connectivity index (χ2v) is 7.66. The minimum atomic E-state index is 0.0696. The molecule has 2 fully saturated rings. The molecule has 1 N–H and O–H groups in total. The third-order valence-corrected chi connectivity index (χ3v) is 5.84. The molecule has 1 amide bonds. The Kier molecular flexibility index (Phi) is 6.02. The van der Waals surface area contributed by atoms with Crippen LogP contribution in [0, 0.1) is 6.92 Å². The Morgan fingerprint density at radius 1 is 1.26 bits per heavy atom. The minimum Gasteiger partial charge on any atom is -0.379 e. The number of nitrogens with one attached hydrogen (secondary N) is 1. The number of rotatable bonds is 4. The van der Waals surface area contributed by atoms with Gasteiger partial charge in [-0.05, 0) is 19.8 Å². The molecule has 1 aliphatic carbocycles. The summed E-state index contributed by atoms with van der Waals surface area (Å²) in [5, 5.41) is 4.27. The van der Waals surface area contributed by atoms with E-state index in [1.165, 1.54) is 25.7 Å². The van der Waals surface area contributed by atoms with E-state index in [-0.39, 0.29) is 5.91 Å². The molecule has 0 radical (unpaired) electrons. The smallest absolute Gasteiger partial charge is 0.263 e. The normalized spacial score (nSPS) is 21.1. The van der Waals surface area contributed by atoms with Gasteiger partial charge in [-0.1, -0.05) is 25.7 Å². The number of hydrogen-bond acceptors (Lipinski definition) is 5. The van der Waals surface area contributed by atoms with Crippen LogP contribution in [-0.4, -0.2) is 48.1 Å². The number of carbonyl (C=O) groups is 1. The van der Waals surface area contributed by atoms with Gasteiger partial charge in [0.15, 0.2) is 0 Å². The highest BCUT2D eigenvalue weighted by Crippen LogP contribution is 2.22. The zero-order valence-corrected chi connectivity index (χ0v) is 14.8. The van der Waals surface area contributed by atoms with Gasteiger partial charge < -0.3 is 10.1 Å². The average molecular weight is 337 g/mol. The van der Waals surface area contributed by atoms with Crippen LogP contribution >= 0.6 is 11.3 Å². The van der Waals surface area contributed by atoms with Gasteiger partial charge in [-0.2, -0.15) is 0 Å². The van der Waals surface area contributed by atoms with Gasteiger partial charge >= 0.3 is 0 Å². The van der Waals surface area contributed by atoms with E-state index in [0.29, 0.717) is 6.04 Å². The molecule has 3 rings (SSSR count). The number of hydrogen-bond donors (Lipinski definition) is 1. The zero-order valence-electron chi connectivity index (χ0n) is 14.0. The van der Waals surface area contributed by atoms with Gasteiger partial charge in [0.2, 0.25) is 0 Å². The van der Waals surface area contributed by atoms with Crippen molar-refractivity contribution in [2.75, 3.05) is 26.3 Å². The first-order valence-corrected chi connectivity index (χ1v) is 9.61. The van der Waals surface area contributed by atoms with Crippen LogP contribution in [0.3, 0.4) is 0 Å². The summed E-state index contributed by atoms with van der Waals surface area (Å²) >= 11 is 1.55. The van der Waals surface area contributed by atoms with Crippen LogP contribution in [0.4, 0.5) is 0 Å². The van der Waals surface area contributed by atoms with E-state index in [1.54, 1.807) is 11.3 Å². The first kappa shape index (κ1) is 16.9. The lowest BCUT2D eigenvalue weighted by Crippen LogP contribution is -2.35. The van der Waals surface area contributed by atoms with Crippen molar-refractivity contribution in [2.24, 2.45) is 0 Å². The number of nitrogens with zero attached hydrogens (tertiary/aromatic N) is 2. The molecule has 0 atom stereocenters. The van der Waals surface area contributed by atoms with Gasteiger partial charge in [0.05, 0.1) is 25.5 Å². The predicted molar refractivity (Wildman–Crippen MR) is 91.9 cm³/mol. The second-order valence-electron chi connectivity index (χ2n) is 6.57. The molecule has 0 spiro atoms. The van der Waals surface area contributed by atoms with Gasteiger partial charge in [-0.3, -0.25) is 9.69 Å². The molecule has 0 unspecified atom stereocenters. The molecule has 23 heavy (non-hydrogen) atoms. The van der Waals surface area contributed by atoms with Crippen LogP contribution in [0.1, 0.15) is 58.9 Å². The standard InChI is InChI=1S/C17H27N3O2S/c1-13-16(17(21)19-14-6-4-2-3-5-7-14)23-15(18-13)12-20-8-10-22-11-9-20/h14H,2-12H2,1H3,(H,19,21).